The van der Waals surface area contributed by atoms with E-state index >= 15 is 0 Å². The maximum absolute atomic E-state index is 12.1. The van der Waals surface area contributed by atoms with E-state index in [0.29, 0.717) is 12.5 Å². The molecule has 5 heteroatoms. The van der Waals surface area contributed by atoms with Crippen molar-refractivity contribution < 1.29 is 19.7 Å². The fraction of sp³-hybridized carbons (Fsp3) is 0.500. The summed E-state index contributed by atoms with van der Waals surface area (Å²) in [6.45, 7) is 0.674. The first kappa shape index (κ1) is 12.3. The number of hydrogen-bond acceptors (Lipinski definition) is 4. The van der Waals surface area contributed by atoms with Gasteiger partial charge in [-0.3, -0.25) is 4.79 Å². The molecule has 0 bridgehead atoms. The Hall–Kier alpha value is -1.75. The summed E-state index contributed by atoms with van der Waals surface area (Å²) in [5.74, 6) is -0.0200. The van der Waals surface area contributed by atoms with Crippen molar-refractivity contribution in [3.8, 4) is 11.5 Å². The molecule has 1 saturated carbocycles. The molecule has 102 valence electrons. The smallest absolute Gasteiger partial charge is 0.255 e. The van der Waals surface area contributed by atoms with Gasteiger partial charge in [0.05, 0.1) is 17.7 Å². The van der Waals surface area contributed by atoms with Gasteiger partial charge in [0, 0.05) is 12.7 Å². The molecule has 19 heavy (non-hydrogen) atoms. The van der Waals surface area contributed by atoms with Crippen molar-refractivity contribution in [2.75, 3.05) is 6.61 Å². The van der Waals surface area contributed by atoms with Gasteiger partial charge in [0.2, 0.25) is 0 Å². The number of amides is 1. The largest absolute Gasteiger partial charge is 0.508 e. The van der Waals surface area contributed by atoms with E-state index in [0.717, 1.165) is 6.42 Å². The maximum Gasteiger partial charge on any atom is 0.255 e. The number of aromatic hydroxyl groups is 2. The number of phenols is 2. The van der Waals surface area contributed by atoms with Crippen LogP contribution >= 0.6 is 0 Å². The van der Waals surface area contributed by atoms with Crippen LogP contribution in [0.25, 0.3) is 0 Å². The van der Waals surface area contributed by atoms with E-state index in [4.69, 9.17) is 4.74 Å². The van der Waals surface area contributed by atoms with Crippen LogP contribution in [0.5, 0.6) is 11.5 Å². The Balaban J connectivity index is 1.70. The highest BCUT2D eigenvalue weighted by molar-refractivity contribution is 5.97. The second-order valence-corrected chi connectivity index (χ2v) is 5.24. The molecular weight excluding hydrogens is 246 g/mol. The summed E-state index contributed by atoms with van der Waals surface area (Å²) in [5.41, 5.74) is 0.180. The van der Waals surface area contributed by atoms with Gasteiger partial charge in [-0.05, 0) is 37.3 Å². The highest BCUT2D eigenvalue weighted by Gasteiger charge is 2.41. The molecule has 1 aromatic carbocycles. The first-order valence-corrected chi connectivity index (χ1v) is 6.59. The molecule has 1 aliphatic heterocycles. The highest BCUT2D eigenvalue weighted by Crippen LogP contribution is 2.38. The van der Waals surface area contributed by atoms with Crippen LogP contribution in [0.4, 0.5) is 0 Å². The molecule has 0 aromatic heterocycles. The Labute approximate surface area is 111 Å². The quantitative estimate of drug-likeness (QED) is 0.770. The molecule has 1 saturated heterocycles. The molecule has 0 radical (unpaired) electrons. The third kappa shape index (κ3) is 2.51. The summed E-state index contributed by atoms with van der Waals surface area (Å²) in [6.07, 6.45) is 3.26. The fourth-order valence-electron chi connectivity index (χ4n) is 2.61. The molecule has 3 N–H and O–H groups in total. The minimum atomic E-state index is -0.321. The lowest BCUT2D eigenvalue weighted by atomic mass is 10.1. The van der Waals surface area contributed by atoms with E-state index in [9.17, 15) is 15.0 Å². The predicted octanol–water partition coefficient (Wildman–Crippen LogP) is 1.40. The summed E-state index contributed by atoms with van der Waals surface area (Å²) < 4.78 is 5.66. The molecular formula is C14H17NO4. The zero-order valence-corrected chi connectivity index (χ0v) is 10.5. The van der Waals surface area contributed by atoms with Crippen molar-refractivity contribution in [3.05, 3.63) is 23.8 Å². The van der Waals surface area contributed by atoms with Crippen molar-refractivity contribution in [3.63, 3.8) is 0 Å². The van der Waals surface area contributed by atoms with E-state index in [-0.39, 0.29) is 35.1 Å². The average Bonchev–Trinajstić information content (AvgIpc) is 3.10. The lowest BCUT2D eigenvalue weighted by molar-refractivity contribution is 0.0728. The van der Waals surface area contributed by atoms with Gasteiger partial charge in [0.25, 0.3) is 5.91 Å². The van der Waals surface area contributed by atoms with Crippen LogP contribution in [0, 0.1) is 5.92 Å². The van der Waals surface area contributed by atoms with Crippen molar-refractivity contribution in [2.24, 2.45) is 5.92 Å². The van der Waals surface area contributed by atoms with Gasteiger partial charge < -0.3 is 20.3 Å². The Morgan fingerprint density at radius 1 is 1.26 bits per heavy atom. The normalized spacial score (nSPS) is 26.3. The minimum absolute atomic E-state index is 0.0215. The molecule has 5 nitrogen and oxygen atoms in total. The number of ether oxygens (including phenoxy) is 1. The maximum atomic E-state index is 12.1. The number of carbonyl (C=O) groups excluding carboxylic acids is 1. The second-order valence-electron chi connectivity index (χ2n) is 5.24. The van der Waals surface area contributed by atoms with E-state index in [1.807, 2.05) is 0 Å². The first-order chi connectivity index (χ1) is 9.15. The van der Waals surface area contributed by atoms with Crippen molar-refractivity contribution in [1.82, 2.24) is 5.32 Å². The SMILES string of the molecule is O=C(NC1CCOC1C1CC1)c1ccc(O)cc1O. The number of hydrogen-bond donors (Lipinski definition) is 3. The van der Waals surface area contributed by atoms with Crippen LogP contribution in [0.2, 0.25) is 0 Å². The van der Waals surface area contributed by atoms with Crippen LogP contribution in [0.15, 0.2) is 18.2 Å². The third-order valence-electron chi connectivity index (χ3n) is 3.76. The third-order valence-corrected chi connectivity index (χ3v) is 3.76. The Morgan fingerprint density at radius 3 is 2.74 bits per heavy atom. The summed E-state index contributed by atoms with van der Waals surface area (Å²) >= 11 is 0. The number of phenolic OH excluding ortho intramolecular Hbond substituents is 2. The molecule has 1 aliphatic carbocycles. The van der Waals surface area contributed by atoms with Crippen LogP contribution < -0.4 is 5.32 Å². The number of nitrogens with one attached hydrogen (secondary N) is 1. The molecule has 3 rings (SSSR count). The average molecular weight is 263 g/mol. The van der Waals surface area contributed by atoms with Gasteiger partial charge in [-0.2, -0.15) is 0 Å². The van der Waals surface area contributed by atoms with Crippen LogP contribution in [-0.2, 0) is 4.74 Å². The van der Waals surface area contributed by atoms with E-state index < -0.39 is 0 Å². The van der Waals surface area contributed by atoms with Gasteiger partial charge >= 0.3 is 0 Å². The zero-order valence-electron chi connectivity index (χ0n) is 10.5. The van der Waals surface area contributed by atoms with Crippen LogP contribution in [-0.4, -0.2) is 34.9 Å². The molecule has 0 spiro atoms. The van der Waals surface area contributed by atoms with Crippen LogP contribution in [0.1, 0.15) is 29.6 Å². The van der Waals surface area contributed by atoms with Crippen molar-refractivity contribution >= 4 is 5.91 Å². The summed E-state index contributed by atoms with van der Waals surface area (Å²) in [4.78, 5) is 12.1. The molecule has 2 aliphatic rings. The van der Waals surface area contributed by atoms with Crippen LogP contribution in [0.3, 0.4) is 0 Å². The summed E-state index contributed by atoms with van der Waals surface area (Å²) in [6, 6.07) is 3.99. The lowest BCUT2D eigenvalue weighted by Crippen LogP contribution is -2.41. The monoisotopic (exact) mass is 263 g/mol. The fourth-order valence-corrected chi connectivity index (χ4v) is 2.61. The minimum Gasteiger partial charge on any atom is -0.508 e. The van der Waals surface area contributed by atoms with Gasteiger partial charge in [-0.15, -0.1) is 0 Å². The van der Waals surface area contributed by atoms with E-state index in [1.54, 1.807) is 0 Å². The van der Waals surface area contributed by atoms with Gasteiger partial charge in [0.15, 0.2) is 0 Å². The van der Waals surface area contributed by atoms with E-state index in [2.05, 4.69) is 5.32 Å². The van der Waals surface area contributed by atoms with Crippen molar-refractivity contribution in [2.45, 2.75) is 31.4 Å². The lowest BCUT2D eigenvalue weighted by Gasteiger charge is -2.19. The topological polar surface area (TPSA) is 78.8 Å². The second kappa shape index (κ2) is 4.74. The van der Waals surface area contributed by atoms with Gasteiger partial charge in [0.1, 0.15) is 11.5 Å². The van der Waals surface area contributed by atoms with Gasteiger partial charge in [-0.1, -0.05) is 0 Å². The van der Waals surface area contributed by atoms with E-state index in [1.165, 1.54) is 31.0 Å². The predicted molar refractivity (Wildman–Crippen MR) is 68.1 cm³/mol. The standard InChI is InChI=1S/C14H17NO4/c16-9-3-4-10(12(17)7-9)14(18)15-11-5-6-19-13(11)8-1-2-8/h3-4,7-8,11,13,16-17H,1-2,5-6H2,(H,15,18). The van der Waals surface area contributed by atoms with Crippen molar-refractivity contribution in [1.29, 1.82) is 0 Å². The Bertz CT molecular complexity index is 498. The Morgan fingerprint density at radius 2 is 2.05 bits per heavy atom. The van der Waals surface area contributed by atoms with Gasteiger partial charge in [-0.25, -0.2) is 0 Å². The highest BCUT2D eigenvalue weighted by atomic mass is 16.5. The first-order valence-electron chi connectivity index (χ1n) is 6.59. The Kier molecular flexibility index (Phi) is 3.06. The molecule has 2 unspecified atom stereocenters. The number of benzene rings is 1. The summed E-state index contributed by atoms with van der Waals surface area (Å²) in [5, 5.41) is 21.8. The molecule has 2 atom stereocenters. The number of carbonyl (C=O) groups is 1. The molecule has 2 fully saturated rings. The molecule has 1 heterocycles. The summed E-state index contributed by atoms with van der Waals surface area (Å²) in [7, 11) is 0. The zero-order chi connectivity index (χ0) is 13.4. The number of rotatable bonds is 3. The molecule has 1 aromatic rings. The molecule has 1 amide bonds.